The molecule has 0 spiro atoms. The number of hydrogen-bond acceptors (Lipinski definition) is 3. The third-order valence-electron chi connectivity index (χ3n) is 1.21. The summed E-state index contributed by atoms with van der Waals surface area (Å²) in [6.07, 6.45) is 0. The van der Waals surface area contributed by atoms with Crippen LogP contribution >= 0.6 is 23.2 Å². The molecule has 0 saturated heterocycles. The van der Waals surface area contributed by atoms with Gasteiger partial charge in [0, 0.05) is 6.07 Å². The van der Waals surface area contributed by atoms with E-state index < -0.39 is 5.60 Å². The van der Waals surface area contributed by atoms with Crippen molar-refractivity contribution in [3.05, 3.63) is 22.2 Å². The molecule has 1 N–H and O–H groups in total. The van der Waals surface area contributed by atoms with E-state index >= 15 is 0 Å². The van der Waals surface area contributed by atoms with Gasteiger partial charge in [-0.25, -0.2) is 9.97 Å². The monoisotopic (exact) mass is 206 g/mol. The van der Waals surface area contributed by atoms with Gasteiger partial charge in [-0.2, -0.15) is 0 Å². The molecule has 0 aliphatic rings. The first kappa shape index (κ1) is 9.71. The van der Waals surface area contributed by atoms with Gasteiger partial charge < -0.3 is 5.11 Å². The Morgan fingerprint density at radius 2 is 1.67 bits per heavy atom. The van der Waals surface area contributed by atoms with Gasteiger partial charge in [0.1, 0.15) is 15.9 Å². The molecule has 0 fully saturated rings. The van der Waals surface area contributed by atoms with Gasteiger partial charge in [0.25, 0.3) is 0 Å². The average molecular weight is 207 g/mol. The van der Waals surface area contributed by atoms with Crippen molar-refractivity contribution in [2.75, 3.05) is 0 Å². The molecule has 1 heterocycles. The van der Waals surface area contributed by atoms with E-state index in [4.69, 9.17) is 23.2 Å². The summed E-state index contributed by atoms with van der Waals surface area (Å²) < 4.78 is 0. The van der Waals surface area contributed by atoms with Crippen LogP contribution in [0.25, 0.3) is 0 Å². The predicted molar refractivity (Wildman–Crippen MR) is 47.3 cm³/mol. The van der Waals surface area contributed by atoms with E-state index in [-0.39, 0.29) is 16.1 Å². The number of aromatic nitrogens is 2. The smallest absolute Gasteiger partial charge is 0.162 e. The molecule has 0 unspecified atom stereocenters. The zero-order valence-corrected chi connectivity index (χ0v) is 8.19. The molecule has 3 nitrogen and oxygen atoms in total. The lowest BCUT2D eigenvalue weighted by Gasteiger charge is -2.14. The van der Waals surface area contributed by atoms with Gasteiger partial charge in [0.05, 0.1) is 0 Å². The fraction of sp³-hybridized carbons (Fsp3) is 0.429. The summed E-state index contributed by atoms with van der Waals surface area (Å²) in [6.45, 7) is 3.13. The van der Waals surface area contributed by atoms with Gasteiger partial charge in [-0.15, -0.1) is 0 Å². The van der Waals surface area contributed by atoms with Crippen LogP contribution in [0.3, 0.4) is 0 Å². The molecule has 5 heteroatoms. The van der Waals surface area contributed by atoms with Gasteiger partial charge in [0.2, 0.25) is 0 Å². The second-order valence-corrected chi connectivity index (χ2v) is 3.67. The Balaban J connectivity index is 3.18. The van der Waals surface area contributed by atoms with Crippen LogP contribution in [-0.4, -0.2) is 15.1 Å². The van der Waals surface area contributed by atoms with Crippen molar-refractivity contribution in [3.63, 3.8) is 0 Å². The molecule has 1 aromatic rings. The molecule has 0 atom stereocenters. The summed E-state index contributed by atoms with van der Waals surface area (Å²) in [5.74, 6) is 0.222. The molecule has 12 heavy (non-hydrogen) atoms. The second kappa shape index (κ2) is 3.17. The Hall–Kier alpha value is -0.380. The summed E-state index contributed by atoms with van der Waals surface area (Å²) in [5.41, 5.74) is -1.12. The highest BCUT2D eigenvalue weighted by Crippen LogP contribution is 2.19. The van der Waals surface area contributed by atoms with Crippen molar-refractivity contribution < 1.29 is 5.11 Å². The van der Waals surface area contributed by atoms with E-state index in [2.05, 4.69) is 9.97 Å². The Morgan fingerprint density at radius 3 is 2.00 bits per heavy atom. The second-order valence-electron chi connectivity index (χ2n) is 2.90. The molecule has 0 aliphatic carbocycles. The highest BCUT2D eigenvalue weighted by molar-refractivity contribution is 6.33. The number of hydrogen-bond donors (Lipinski definition) is 1. The van der Waals surface area contributed by atoms with Gasteiger partial charge in [-0.1, -0.05) is 23.2 Å². The topological polar surface area (TPSA) is 46.0 Å². The van der Waals surface area contributed by atoms with Crippen molar-refractivity contribution in [2.24, 2.45) is 0 Å². The first-order chi connectivity index (χ1) is 5.39. The van der Waals surface area contributed by atoms with Crippen molar-refractivity contribution in [2.45, 2.75) is 19.4 Å². The van der Waals surface area contributed by atoms with E-state index in [1.54, 1.807) is 13.8 Å². The Kier molecular flexibility index (Phi) is 2.56. The third-order valence-corrected chi connectivity index (χ3v) is 1.60. The standard InChI is InChI=1S/C7H8Cl2N2O/c1-7(2,12)6-10-4(8)3-5(9)11-6/h3,12H,1-2H3. The lowest BCUT2D eigenvalue weighted by molar-refractivity contribution is 0.0687. The first-order valence-electron chi connectivity index (χ1n) is 3.32. The minimum absolute atomic E-state index is 0.222. The van der Waals surface area contributed by atoms with Crippen molar-refractivity contribution in [1.82, 2.24) is 9.97 Å². The van der Waals surface area contributed by atoms with Crippen LogP contribution in [0.2, 0.25) is 10.3 Å². The van der Waals surface area contributed by atoms with E-state index in [0.29, 0.717) is 0 Å². The van der Waals surface area contributed by atoms with Gasteiger partial charge >= 0.3 is 0 Å². The van der Waals surface area contributed by atoms with Crippen LogP contribution in [-0.2, 0) is 5.60 Å². The predicted octanol–water partition coefficient (Wildman–Crippen LogP) is 2.01. The summed E-state index contributed by atoms with van der Waals surface area (Å²) in [5, 5.41) is 9.95. The highest BCUT2D eigenvalue weighted by Gasteiger charge is 2.20. The quantitative estimate of drug-likeness (QED) is 0.716. The maximum absolute atomic E-state index is 9.50. The lowest BCUT2D eigenvalue weighted by atomic mass is 10.1. The molecule has 1 aromatic heterocycles. The van der Waals surface area contributed by atoms with Crippen LogP contribution in [0.1, 0.15) is 19.7 Å². The van der Waals surface area contributed by atoms with E-state index in [0.717, 1.165) is 0 Å². The zero-order chi connectivity index (χ0) is 9.35. The molecule has 0 amide bonds. The van der Waals surface area contributed by atoms with Crippen molar-refractivity contribution >= 4 is 23.2 Å². The highest BCUT2D eigenvalue weighted by atomic mass is 35.5. The van der Waals surface area contributed by atoms with Gasteiger partial charge in [-0.3, -0.25) is 0 Å². The van der Waals surface area contributed by atoms with Crippen LogP contribution in [0.15, 0.2) is 6.07 Å². The number of halogens is 2. The van der Waals surface area contributed by atoms with Crippen LogP contribution < -0.4 is 0 Å². The maximum Gasteiger partial charge on any atom is 0.162 e. The Bertz CT molecular complexity index is 276. The molecule has 1 rings (SSSR count). The molecular weight excluding hydrogens is 199 g/mol. The summed E-state index contributed by atoms with van der Waals surface area (Å²) >= 11 is 11.2. The fourth-order valence-electron chi connectivity index (χ4n) is 0.664. The maximum atomic E-state index is 9.50. The number of nitrogens with zero attached hydrogens (tertiary/aromatic N) is 2. The summed E-state index contributed by atoms with van der Waals surface area (Å²) in [6, 6.07) is 1.42. The van der Waals surface area contributed by atoms with Gasteiger partial charge in [0.15, 0.2) is 5.82 Å². The largest absolute Gasteiger partial charge is 0.382 e. The Morgan fingerprint density at radius 1 is 1.25 bits per heavy atom. The fourth-order valence-corrected chi connectivity index (χ4v) is 1.09. The minimum atomic E-state index is -1.12. The molecule has 0 saturated carbocycles. The van der Waals surface area contributed by atoms with E-state index in [9.17, 15) is 5.11 Å². The number of aliphatic hydroxyl groups is 1. The van der Waals surface area contributed by atoms with Crippen molar-refractivity contribution in [3.8, 4) is 0 Å². The average Bonchev–Trinajstić information content (AvgIpc) is 1.82. The van der Waals surface area contributed by atoms with E-state index in [1.165, 1.54) is 6.07 Å². The molecule has 0 radical (unpaired) electrons. The van der Waals surface area contributed by atoms with Crippen LogP contribution in [0.5, 0.6) is 0 Å². The minimum Gasteiger partial charge on any atom is -0.382 e. The lowest BCUT2D eigenvalue weighted by Crippen LogP contribution is -2.19. The normalized spacial score (nSPS) is 11.8. The third kappa shape index (κ3) is 2.30. The SMILES string of the molecule is CC(C)(O)c1nc(Cl)cc(Cl)n1. The number of rotatable bonds is 1. The van der Waals surface area contributed by atoms with Crippen LogP contribution in [0, 0.1) is 0 Å². The molecule has 66 valence electrons. The summed E-state index contributed by atoms with van der Waals surface area (Å²) in [7, 11) is 0. The first-order valence-corrected chi connectivity index (χ1v) is 4.08. The molecule has 0 bridgehead atoms. The van der Waals surface area contributed by atoms with E-state index in [1.807, 2.05) is 0 Å². The Labute approximate surface area is 80.4 Å². The zero-order valence-electron chi connectivity index (χ0n) is 6.67. The molecule has 0 aliphatic heterocycles. The van der Waals surface area contributed by atoms with Gasteiger partial charge in [-0.05, 0) is 13.8 Å². The van der Waals surface area contributed by atoms with Crippen LogP contribution in [0.4, 0.5) is 0 Å². The van der Waals surface area contributed by atoms with Crippen molar-refractivity contribution in [1.29, 1.82) is 0 Å². The molecule has 0 aromatic carbocycles. The molecular formula is C7H8Cl2N2O. The summed E-state index contributed by atoms with van der Waals surface area (Å²) in [4.78, 5) is 7.65.